The van der Waals surface area contributed by atoms with Gasteiger partial charge >= 0.3 is 0 Å². The van der Waals surface area contributed by atoms with Gasteiger partial charge in [0.1, 0.15) is 18.2 Å². The summed E-state index contributed by atoms with van der Waals surface area (Å²) in [6, 6.07) is -0.274. The lowest BCUT2D eigenvalue weighted by molar-refractivity contribution is 0.283. The van der Waals surface area contributed by atoms with Crippen molar-refractivity contribution in [2.24, 2.45) is 10.6 Å². The van der Waals surface area contributed by atoms with Crippen LogP contribution in [-0.4, -0.2) is 20.8 Å². The van der Waals surface area contributed by atoms with Gasteiger partial charge in [0.25, 0.3) is 0 Å². The van der Waals surface area contributed by atoms with Crippen LogP contribution in [0.2, 0.25) is 0 Å². The van der Waals surface area contributed by atoms with Gasteiger partial charge in [0.2, 0.25) is 0 Å². The molecule has 0 bridgehead atoms. The van der Waals surface area contributed by atoms with E-state index in [4.69, 9.17) is 0 Å². The first-order valence-corrected chi connectivity index (χ1v) is 5.18. The van der Waals surface area contributed by atoms with Crippen molar-refractivity contribution in [1.29, 1.82) is 0 Å². The molecule has 0 aliphatic heterocycles. The summed E-state index contributed by atoms with van der Waals surface area (Å²) in [5, 5.41) is 7.39. The summed E-state index contributed by atoms with van der Waals surface area (Å²) in [5.41, 5.74) is -0.139. The Morgan fingerprint density at radius 1 is 1.53 bits per heavy atom. The Morgan fingerprint density at radius 2 is 2.20 bits per heavy atom. The third-order valence-corrected chi connectivity index (χ3v) is 2.39. The minimum absolute atomic E-state index is 0.139. The highest BCUT2D eigenvalue weighted by molar-refractivity contribution is 4.84. The van der Waals surface area contributed by atoms with Gasteiger partial charge in [-0.25, -0.2) is 4.98 Å². The third-order valence-electron chi connectivity index (χ3n) is 2.39. The molecule has 84 valence electrons. The Morgan fingerprint density at radius 3 is 2.60 bits per heavy atom. The summed E-state index contributed by atoms with van der Waals surface area (Å²) in [4.78, 5) is 14.8. The smallest absolute Gasteiger partial charge is 0.150 e. The number of nitroso groups, excluding NO2 is 1. The van der Waals surface area contributed by atoms with Crippen molar-refractivity contribution in [3.8, 4) is 0 Å². The summed E-state index contributed by atoms with van der Waals surface area (Å²) < 4.78 is 1.69. The van der Waals surface area contributed by atoms with Crippen LogP contribution >= 0.6 is 0 Å². The van der Waals surface area contributed by atoms with Crippen LogP contribution in [0.25, 0.3) is 0 Å². The van der Waals surface area contributed by atoms with Crippen molar-refractivity contribution < 1.29 is 0 Å². The van der Waals surface area contributed by atoms with E-state index in [2.05, 4.69) is 15.3 Å². The Hall–Kier alpha value is -1.26. The quantitative estimate of drug-likeness (QED) is 0.714. The van der Waals surface area contributed by atoms with E-state index in [0.29, 0.717) is 6.54 Å². The lowest BCUT2D eigenvalue weighted by Crippen LogP contribution is -2.29. The highest BCUT2D eigenvalue weighted by Crippen LogP contribution is 2.23. The molecule has 0 aliphatic carbocycles. The van der Waals surface area contributed by atoms with Crippen molar-refractivity contribution in [3.63, 3.8) is 0 Å². The van der Waals surface area contributed by atoms with Crippen molar-refractivity contribution in [2.45, 2.75) is 46.7 Å². The highest BCUT2D eigenvalue weighted by atomic mass is 16.3. The maximum absolute atomic E-state index is 10.7. The second-order valence-electron chi connectivity index (χ2n) is 4.72. The largest absolute Gasteiger partial charge is 0.250 e. The van der Waals surface area contributed by atoms with Crippen molar-refractivity contribution >= 4 is 0 Å². The molecule has 1 aromatic rings. The zero-order chi connectivity index (χ0) is 11.5. The molecule has 0 saturated heterocycles. The van der Waals surface area contributed by atoms with Gasteiger partial charge in [0.05, 0.1) is 6.54 Å². The first-order valence-electron chi connectivity index (χ1n) is 5.18. The molecule has 0 N–H and O–H groups in total. The van der Waals surface area contributed by atoms with E-state index in [9.17, 15) is 4.91 Å². The molecule has 1 aromatic heterocycles. The van der Waals surface area contributed by atoms with Crippen LogP contribution in [-0.2, 0) is 13.0 Å². The number of rotatable bonds is 4. The van der Waals surface area contributed by atoms with E-state index >= 15 is 0 Å². The number of hydrogen-bond acceptors (Lipinski definition) is 4. The Bertz CT molecular complexity index is 326. The van der Waals surface area contributed by atoms with Crippen LogP contribution in [0.15, 0.2) is 11.5 Å². The zero-order valence-corrected chi connectivity index (χ0v) is 9.77. The number of hydrogen-bond donors (Lipinski definition) is 0. The molecule has 0 radical (unpaired) electrons. The van der Waals surface area contributed by atoms with Crippen molar-refractivity contribution in [1.82, 2.24) is 14.8 Å². The maximum atomic E-state index is 10.7. The Labute approximate surface area is 89.9 Å². The zero-order valence-electron chi connectivity index (χ0n) is 9.77. The Kier molecular flexibility index (Phi) is 3.55. The van der Waals surface area contributed by atoms with Crippen LogP contribution in [0.3, 0.4) is 0 Å². The average molecular weight is 210 g/mol. The molecule has 0 amide bonds. The molecule has 0 aromatic carbocycles. The molecule has 0 fully saturated rings. The van der Waals surface area contributed by atoms with Crippen LogP contribution in [0.5, 0.6) is 0 Å². The summed E-state index contributed by atoms with van der Waals surface area (Å²) in [5.74, 6) is 0.800. The molecule has 1 atom stereocenters. The normalized spacial score (nSPS) is 13.9. The van der Waals surface area contributed by atoms with Gasteiger partial charge < -0.3 is 0 Å². The molecule has 1 heterocycles. The van der Waals surface area contributed by atoms with Gasteiger partial charge in [-0.3, -0.25) is 4.68 Å². The lowest BCUT2D eigenvalue weighted by atomic mass is 9.87. The summed E-state index contributed by atoms with van der Waals surface area (Å²) in [6.45, 7) is 8.49. The van der Waals surface area contributed by atoms with E-state index in [-0.39, 0.29) is 11.5 Å². The van der Waals surface area contributed by atoms with Crippen LogP contribution in [0, 0.1) is 10.3 Å². The molecule has 15 heavy (non-hydrogen) atoms. The molecule has 1 rings (SSSR count). The standard InChI is InChI=1S/C10H18N4O/c1-5-9-11-7-14(12-9)6-8(13-15)10(2,3)4/h7-8H,5-6H2,1-4H3. The minimum atomic E-state index is -0.274. The van der Waals surface area contributed by atoms with Gasteiger partial charge in [-0.2, -0.15) is 10.0 Å². The van der Waals surface area contributed by atoms with Crippen LogP contribution < -0.4 is 0 Å². The van der Waals surface area contributed by atoms with Gasteiger partial charge in [-0.15, -0.1) is 0 Å². The second kappa shape index (κ2) is 4.51. The first kappa shape index (κ1) is 11.8. The van der Waals surface area contributed by atoms with Gasteiger partial charge in [-0.05, 0) is 5.41 Å². The number of aryl methyl sites for hydroxylation is 1. The highest BCUT2D eigenvalue weighted by Gasteiger charge is 2.26. The van der Waals surface area contributed by atoms with Crippen LogP contribution in [0.1, 0.15) is 33.5 Å². The van der Waals surface area contributed by atoms with E-state index in [1.165, 1.54) is 0 Å². The van der Waals surface area contributed by atoms with Crippen molar-refractivity contribution in [2.75, 3.05) is 0 Å². The molecule has 1 unspecified atom stereocenters. The maximum Gasteiger partial charge on any atom is 0.150 e. The van der Waals surface area contributed by atoms with Crippen LogP contribution in [0.4, 0.5) is 0 Å². The first-order chi connectivity index (χ1) is 6.97. The fraction of sp³-hybridized carbons (Fsp3) is 0.800. The topological polar surface area (TPSA) is 60.1 Å². The Balaban J connectivity index is 2.71. The lowest BCUT2D eigenvalue weighted by Gasteiger charge is -2.23. The van der Waals surface area contributed by atoms with E-state index in [0.717, 1.165) is 12.2 Å². The van der Waals surface area contributed by atoms with E-state index in [1.54, 1.807) is 11.0 Å². The fourth-order valence-electron chi connectivity index (χ4n) is 1.23. The molecule has 5 nitrogen and oxygen atoms in total. The average Bonchev–Trinajstić information content (AvgIpc) is 2.59. The molecule has 0 saturated carbocycles. The van der Waals surface area contributed by atoms with E-state index < -0.39 is 0 Å². The molecule has 5 heteroatoms. The summed E-state index contributed by atoms with van der Waals surface area (Å²) in [6.07, 6.45) is 2.46. The minimum Gasteiger partial charge on any atom is -0.250 e. The third kappa shape index (κ3) is 3.11. The van der Waals surface area contributed by atoms with Gasteiger partial charge in [0.15, 0.2) is 0 Å². The predicted octanol–water partition coefficient (Wildman–Crippen LogP) is 2.02. The monoisotopic (exact) mass is 210 g/mol. The fourth-order valence-corrected chi connectivity index (χ4v) is 1.23. The predicted molar refractivity (Wildman–Crippen MR) is 58.4 cm³/mol. The van der Waals surface area contributed by atoms with Gasteiger partial charge in [0, 0.05) is 6.42 Å². The van der Waals surface area contributed by atoms with E-state index in [1.807, 2.05) is 27.7 Å². The number of nitrogens with zero attached hydrogens (tertiary/aromatic N) is 4. The number of aromatic nitrogens is 3. The van der Waals surface area contributed by atoms with Gasteiger partial charge in [-0.1, -0.05) is 32.9 Å². The molecule has 0 aliphatic rings. The second-order valence-corrected chi connectivity index (χ2v) is 4.72. The SMILES string of the molecule is CCc1ncn(CC(N=O)C(C)(C)C)n1. The summed E-state index contributed by atoms with van der Waals surface area (Å²) in [7, 11) is 0. The summed E-state index contributed by atoms with van der Waals surface area (Å²) >= 11 is 0. The molecular weight excluding hydrogens is 192 g/mol. The van der Waals surface area contributed by atoms with Crippen molar-refractivity contribution in [3.05, 3.63) is 17.1 Å². The molecular formula is C10H18N4O. The molecule has 0 spiro atoms.